The molecule has 1 aromatic carbocycles. The fourth-order valence-corrected chi connectivity index (χ4v) is 4.56. The number of hydrogen-bond donors (Lipinski definition) is 1. The van der Waals surface area contributed by atoms with Crippen LogP contribution in [0.25, 0.3) is 11.0 Å². The van der Waals surface area contributed by atoms with Gasteiger partial charge in [-0.3, -0.25) is 9.97 Å². The molecule has 0 atom stereocenters. The van der Waals surface area contributed by atoms with Gasteiger partial charge in [0.15, 0.2) is 0 Å². The van der Waals surface area contributed by atoms with Crippen LogP contribution in [0.5, 0.6) is 5.75 Å². The van der Waals surface area contributed by atoms with Crippen molar-refractivity contribution in [1.82, 2.24) is 19.9 Å². The van der Waals surface area contributed by atoms with Gasteiger partial charge in [0, 0.05) is 43.3 Å². The molecule has 1 N–H and O–H groups in total. The van der Waals surface area contributed by atoms with Crippen LogP contribution in [0.15, 0.2) is 30.7 Å². The van der Waals surface area contributed by atoms with Crippen molar-refractivity contribution >= 4 is 22.5 Å². The van der Waals surface area contributed by atoms with Gasteiger partial charge in [0.2, 0.25) is 0 Å². The quantitative estimate of drug-likeness (QED) is 0.651. The summed E-state index contributed by atoms with van der Waals surface area (Å²) < 4.78 is 12.0. The molecule has 0 spiro atoms. The van der Waals surface area contributed by atoms with Crippen LogP contribution < -0.4 is 15.0 Å². The largest absolute Gasteiger partial charge is 0.488 e. The predicted molar refractivity (Wildman–Crippen MR) is 124 cm³/mol. The first-order valence-electron chi connectivity index (χ1n) is 11.5. The fourth-order valence-electron chi connectivity index (χ4n) is 4.56. The van der Waals surface area contributed by atoms with Gasteiger partial charge in [-0.25, -0.2) is 9.97 Å². The van der Waals surface area contributed by atoms with E-state index in [2.05, 4.69) is 42.3 Å². The Labute approximate surface area is 188 Å². The lowest BCUT2D eigenvalue weighted by molar-refractivity contribution is 0.122. The highest BCUT2D eigenvalue weighted by Crippen LogP contribution is 2.33. The lowest BCUT2D eigenvalue weighted by atomic mass is 9.93. The summed E-state index contributed by atoms with van der Waals surface area (Å²) in [5.41, 5.74) is 4.72. The highest BCUT2D eigenvalue weighted by atomic mass is 16.5. The number of rotatable bonds is 5. The molecule has 2 aliphatic rings. The molecule has 1 aliphatic carbocycles. The van der Waals surface area contributed by atoms with Crippen molar-refractivity contribution in [3.63, 3.8) is 0 Å². The Bertz CT molecular complexity index is 1080. The zero-order valence-electron chi connectivity index (χ0n) is 18.8. The molecule has 1 saturated heterocycles. The number of nitrogens with one attached hydrogen (secondary N) is 1. The SMILES string of the molecule is Cc1cnc(NC2CCC(Oc3cc(N4CCOCC4)cc4nccnc34)CC2)c(C)n1. The van der Waals surface area contributed by atoms with Crippen LogP contribution in [0.1, 0.15) is 37.1 Å². The summed E-state index contributed by atoms with van der Waals surface area (Å²) in [5.74, 6) is 1.72. The molecule has 0 unspecified atom stereocenters. The molecule has 3 aromatic rings. The van der Waals surface area contributed by atoms with Gasteiger partial charge in [0.05, 0.1) is 42.4 Å². The van der Waals surface area contributed by atoms with E-state index in [1.54, 1.807) is 12.4 Å². The molecule has 168 valence electrons. The molecule has 2 fully saturated rings. The van der Waals surface area contributed by atoms with Crippen molar-refractivity contribution in [2.45, 2.75) is 51.7 Å². The fraction of sp³-hybridized carbons (Fsp3) is 0.500. The van der Waals surface area contributed by atoms with Crippen LogP contribution in [0.2, 0.25) is 0 Å². The second-order valence-corrected chi connectivity index (χ2v) is 8.65. The number of nitrogens with zero attached hydrogens (tertiary/aromatic N) is 5. The summed E-state index contributed by atoms with van der Waals surface area (Å²) >= 11 is 0. The van der Waals surface area contributed by atoms with Crippen LogP contribution in [0.4, 0.5) is 11.5 Å². The molecule has 3 heterocycles. The number of hydrogen-bond acceptors (Lipinski definition) is 8. The second-order valence-electron chi connectivity index (χ2n) is 8.65. The van der Waals surface area contributed by atoms with Gasteiger partial charge in [-0.15, -0.1) is 0 Å². The first kappa shape index (κ1) is 20.9. The zero-order valence-corrected chi connectivity index (χ0v) is 18.8. The molecule has 0 radical (unpaired) electrons. The predicted octanol–water partition coefficient (Wildman–Crippen LogP) is 3.68. The van der Waals surface area contributed by atoms with Crippen LogP contribution in [-0.4, -0.2) is 58.4 Å². The molecule has 0 amide bonds. The number of anilines is 2. The first-order chi connectivity index (χ1) is 15.7. The Hall–Kier alpha value is -3.00. The minimum absolute atomic E-state index is 0.170. The van der Waals surface area contributed by atoms with Crippen molar-refractivity contribution in [3.05, 3.63) is 42.1 Å². The molecule has 1 aliphatic heterocycles. The van der Waals surface area contributed by atoms with Gasteiger partial charge in [-0.1, -0.05) is 0 Å². The van der Waals surface area contributed by atoms with E-state index in [1.165, 1.54) is 0 Å². The number of benzene rings is 1. The monoisotopic (exact) mass is 434 g/mol. The van der Waals surface area contributed by atoms with E-state index in [-0.39, 0.29) is 6.10 Å². The second kappa shape index (κ2) is 9.24. The van der Waals surface area contributed by atoms with Crippen molar-refractivity contribution in [2.24, 2.45) is 0 Å². The van der Waals surface area contributed by atoms with Crippen molar-refractivity contribution in [2.75, 3.05) is 36.5 Å². The smallest absolute Gasteiger partial charge is 0.149 e. The summed E-state index contributed by atoms with van der Waals surface area (Å²) in [7, 11) is 0. The van der Waals surface area contributed by atoms with Crippen LogP contribution in [0.3, 0.4) is 0 Å². The average Bonchev–Trinajstić information content (AvgIpc) is 2.82. The molecule has 32 heavy (non-hydrogen) atoms. The summed E-state index contributed by atoms with van der Waals surface area (Å²) in [6, 6.07) is 4.62. The zero-order chi connectivity index (χ0) is 21.9. The lowest BCUT2D eigenvalue weighted by Gasteiger charge is -2.31. The highest BCUT2D eigenvalue weighted by Gasteiger charge is 2.25. The van der Waals surface area contributed by atoms with Gasteiger partial charge >= 0.3 is 0 Å². The molecule has 8 heteroatoms. The molecule has 5 rings (SSSR count). The number of fused-ring (bicyclic) bond motifs is 1. The number of ether oxygens (including phenoxy) is 2. The highest BCUT2D eigenvalue weighted by molar-refractivity contribution is 5.85. The third-order valence-electron chi connectivity index (χ3n) is 6.28. The summed E-state index contributed by atoms with van der Waals surface area (Å²) in [4.78, 5) is 20.5. The molecular weight excluding hydrogens is 404 g/mol. The van der Waals surface area contributed by atoms with Crippen molar-refractivity contribution in [1.29, 1.82) is 0 Å². The van der Waals surface area contributed by atoms with Crippen LogP contribution >= 0.6 is 0 Å². The number of morpholine rings is 1. The average molecular weight is 435 g/mol. The van der Waals surface area contributed by atoms with Crippen molar-refractivity contribution < 1.29 is 9.47 Å². The Balaban J connectivity index is 1.27. The summed E-state index contributed by atoms with van der Waals surface area (Å²) in [5, 5.41) is 3.57. The normalized spacial score (nSPS) is 21.5. The van der Waals surface area contributed by atoms with E-state index in [0.717, 1.165) is 91.7 Å². The number of aryl methyl sites for hydroxylation is 2. The molecular formula is C24H30N6O2. The minimum atomic E-state index is 0.170. The van der Waals surface area contributed by atoms with E-state index in [0.29, 0.717) is 6.04 Å². The van der Waals surface area contributed by atoms with Crippen molar-refractivity contribution in [3.8, 4) is 5.75 Å². The van der Waals surface area contributed by atoms with E-state index in [4.69, 9.17) is 9.47 Å². The maximum atomic E-state index is 6.52. The van der Waals surface area contributed by atoms with E-state index >= 15 is 0 Å². The van der Waals surface area contributed by atoms with Gasteiger partial charge in [-0.05, 0) is 45.6 Å². The van der Waals surface area contributed by atoms with E-state index < -0.39 is 0 Å². The summed E-state index contributed by atoms with van der Waals surface area (Å²) in [6.07, 6.45) is 9.50. The third kappa shape index (κ3) is 4.60. The Morgan fingerprint density at radius 2 is 1.78 bits per heavy atom. The van der Waals surface area contributed by atoms with Gasteiger partial charge in [-0.2, -0.15) is 0 Å². The van der Waals surface area contributed by atoms with Gasteiger partial charge < -0.3 is 19.7 Å². The van der Waals surface area contributed by atoms with Gasteiger partial charge in [0.25, 0.3) is 0 Å². The Kier molecular flexibility index (Phi) is 6.03. The maximum absolute atomic E-state index is 6.52. The van der Waals surface area contributed by atoms with Gasteiger partial charge in [0.1, 0.15) is 17.1 Å². The van der Waals surface area contributed by atoms with Crippen LogP contribution in [-0.2, 0) is 4.74 Å². The lowest BCUT2D eigenvalue weighted by Crippen LogP contribution is -2.36. The Morgan fingerprint density at radius 1 is 1.00 bits per heavy atom. The molecule has 8 nitrogen and oxygen atoms in total. The standard InChI is InChI=1S/C24H30N6O2/c1-16-15-27-24(17(2)28-16)29-18-3-5-20(6-4-18)32-22-14-19(30-9-11-31-12-10-30)13-21-23(22)26-8-7-25-21/h7-8,13-15,18,20H,3-6,9-12H2,1-2H3,(H,27,29). The van der Waals surface area contributed by atoms with E-state index in [9.17, 15) is 0 Å². The number of aromatic nitrogens is 4. The summed E-state index contributed by atoms with van der Waals surface area (Å²) in [6.45, 7) is 7.22. The topological polar surface area (TPSA) is 85.3 Å². The third-order valence-corrected chi connectivity index (χ3v) is 6.28. The Morgan fingerprint density at radius 3 is 2.56 bits per heavy atom. The molecule has 1 saturated carbocycles. The van der Waals surface area contributed by atoms with Crippen LogP contribution in [0, 0.1) is 13.8 Å². The first-order valence-corrected chi connectivity index (χ1v) is 11.5. The molecule has 2 aromatic heterocycles. The minimum Gasteiger partial charge on any atom is -0.488 e. The maximum Gasteiger partial charge on any atom is 0.149 e. The van der Waals surface area contributed by atoms with E-state index in [1.807, 2.05) is 20.0 Å². The molecule has 0 bridgehead atoms.